The quantitative estimate of drug-likeness (QED) is 0.863. The summed E-state index contributed by atoms with van der Waals surface area (Å²) in [5, 5.41) is 13.8. The van der Waals surface area contributed by atoms with E-state index in [-0.39, 0.29) is 5.75 Å². The van der Waals surface area contributed by atoms with Crippen LogP contribution in [0.25, 0.3) is 0 Å². The highest BCUT2D eigenvalue weighted by atomic mass is 16.5. The number of piperidine rings is 3. The van der Waals surface area contributed by atoms with E-state index in [0.717, 1.165) is 18.0 Å². The van der Waals surface area contributed by atoms with Crippen LogP contribution in [-0.4, -0.2) is 42.3 Å². The highest BCUT2D eigenvalue weighted by Crippen LogP contribution is 2.31. The third-order valence-corrected chi connectivity index (χ3v) is 4.59. The Morgan fingerprint density at radius 2 is 2.15 bits per heavy atom. The van der Waals surface area contributed by atoms with Gasteiger partial charge in [0.25, 0.3) is 0 Å². The van der Waals surface area contributed by atoms with Crippen LogP contribution in [0.2, 0.25) is 0 Å². The summed E-state index contributed by atoms with van der Waals surface area (Å²) in [5.41, 5.74) is 0.924. The fourth-order valence-corrected chi connectivity index (χ4v) is 3.42. The fourth-order valence-electron chi connectivity index (χ4n) is 3.42. The maximum atomic E-state index is 10.2. The van der Waals surface area contributed by atoms with E-state index < -0.39 is 0 Å². The second-order valence-corrected chi connectivity index (χ2v) is 5.82. The van der Waals surface area contributed by atoms with Gasteiger partial charge < -0.3 is 20.1 Å². The molecular formula is C16H24N2O2. The van der Waals surface area contributed by atoms with Gasteiger partial charge in [-0.1, -0.05) is 12.1 Å². The van der Waals surface area contributed by atoms with Gasteiger partial charge in [-0.15, -0.1) is 0 Å². The van der Waals surface area contributed by atoms with E-state index >= 15 is 0 Å². The van der Waals surface area contributed by atoms with Crippen LogP contribution < -0.4 is 10.1 Å². The molecule has 0 saturated carbocycles. The number of benzene rings is 1. The zero-order chi connectivity index (χ0) is 13.9. The van der Waals surface area contributed by atoms with Gasteiger partial charge in [0.2, 0.25) is 0 Å². The molecule has 4 rings (SSSR count). The van der Waals surface area contributed by atoms with E-state index in [1.165, 1.54) is 25.9 Å². The van der Waals surface area contributed by atoms with Crippen molar-refractivity contribution in [2.24, 2.45) is 5.92 Å². The van der Waals surface area contributed by atoms with Crippen LogP contribution in [-0.2, 0) is 6.54 Å². The minimum absolute atomic E-state index is 0.281. The molecule has 20 heavy (non-hydrogen) atoms. The lowest BCUT2D eigenvalue weighted by molar-refractivity contribution is 0.0719. The maximum Gasteiger partial charge on any atom is 0.162 e. The summed E-state index contributed by atoms with van der Waals surface area (Å²) in [6.07, 6.45) is 2.62. The third-order valence-electron chi connectivity index (χ3n) is 4.59. The molecule has 1 aromatic carbocycles. The number of para-hydroxylation sites is 1. The molecule has 0 radical (unpaired) electrons. The number of phenolic OH excluding ortho intramolecular Hbond substituents is 1. The molecule has 0 amide bonds. The van der Waals surface area contributed by atoms with Gasteiger partial charge in [0.1, 0.15) is 0 Å². The monoisotopic (exact) mass is 276 g/mol. The standard InChI is InChI=1S/C16H24N2O2/c1-2-20-15-5-3-4-13(16(15)19)10-17-14-11-18-8-6-12(14)7-9-18/h3-5,12,14,17,19H,2,6-11H2,1H3. The first kappa shape index (κ1) is 13.7. The lowest BCUT2D eigenvalue weighted by Gasteiger charge is -2.45. The number of ether oxygens (including phenoxy) is 1. The van der Waals surface area contributed by atoms with Crippen LogP contribution in [0.1, 0.15) is 25.3 Å². The van der Waals surface area contributed by atoms with Crippen LogP contribution in [0.3, 0.4) is 0 Å². The van der Waals surface area contributed by atoms with Gasteiger partial charge in [-0.25, -0.2) is 0 Å². The fraction of sp³-hybridized carbons (Fsp3) is 0.625. The normalized spacial score (nSPS) is 28.6. The summed E-state index contributed by atoms with van der Waals surface area (Å²) in [5.74, 6) is 1.67. The number of phenols is 1. The summed E-state index contributed by atoms with van der Waals surface area (Å²) in [4.78, 5) is 2.54. The molecule has 3 fully saturated rings. The van der Waals surface area contributed by atoms with Crippen LogP contribution in [0.15, 0.2) is 18.2 Å². The van der Waals surface area contributed by atoms with Crippen molar-refractivity contribution in [3.63, 3.8) is 0 Å². The molecule has 1 aromatic rings. The summed E-state index contributed by atoms with van der Waals surface area (Å²) in [6.45, 7) is 6.88. The molecule has 4 heteroatoms. The molecule has 1 atom stereocenters. The summed E-state index contributed by atoms with van der Waals surface area (Å²) in [7, 11) is 0. The van der Waals surface area contributed by atoms with Crippen LogP contribution in [0.4, 0.5) is 0 Å². The molecule has 2 N–H and O–H groups in total. The Balaban J connectivity index is 1.62. The van der Waals surface area contributed by atoms with Crippen molar-refractivity contribution < 1.29 is 9.84 Å². The number of nitrogens with one attached hydrogen (secondary N) is 1. The number of aromatic hydroxyl groups is 1. The van der Waals surface area contributed by atoms with E-state index in [1.807, 2.05) is 25.1 Å². The minimum atomic E-state index is 0.281. The summed E-state index contributed by atoms with van der Waals surface area (Å²) in [6, 6.07) is 6.29. The van der Waals surface area contributed by atoms with Gasteiger partial charge in [0, 0.05) is 24.7 Å². The lowest BCUT2D eigenvalue weighted by atomic mass is 9.84. The van der Waals surface area contributed by atoms with Gasteiger partial charge in [0.05, 0.1) is 6.61 Å². The summed E-state index contributed by atoms with van der Waals surface area (Å²) < 4.78 is 5.43. The molecule has 3 saturated heterocycles. The Labute approximate surface area is 120 Å². The molecule has 1 unspecified atom stereocenters. The second kappa shape index (κ2) is 6.02. The van der Waals surface area contributed by atoms with Crippen LogP contribution in [0, 0.1) is 5.92 Å². The van der Waals surface area contributed by atoms with Crippen molar-refractivity contribution in [1.29, 1.82) is 0 Å². The van der Waals surface area contributed by atoms with Crippen molar-refractivity contribution in [2.75, 3.05) is 26.2 Å². The number of fused-ring (bicyclic) bond motifs is 3. The van der Waals surface area contributed by atoms with Gasteiger partial charge in [-0.3, -0.25) is 0 Å². The minimum Gasteiger partial charge on any atom is -0.504 e. The number of nitrogens with zero attached hydrogens (tertiary/aromatic N) is 1. The highest BCUT2D eigenvalue weighted by Gasteiger charge is 2.33. The van der Waals surface area contributed by atoms with Gasteiger partial charge in [-0.05, 0) is 44.8 Å². The molecule has 3 heterocycles. The molecule has 3 aliphatic heterocycles. The van der Waals surface area contributed by atoms with Crippen molar-refractivity contribution in [3.05, 3.63) is 23.8 Å². The average Bonchev–Trinajstić information content (AvgIpc) is 2.50. The molecule has 4 nitrogen and oxygen atoms in total. The lowest BCUT2D eigenvalue weighted by Crippen LogP contribution is -2.55. The van der Waals surface area contributed by atoms with Crippen LogP contribution in [0.5, 0.6) is 11.5 Å². The number of hydrogen-bond donors (Lipinski definition) is 2. The Hall–Kier alpha value is -1.26. The third kappa shape index (κ3) is 2.76. The van der Waals surface area contributed by atoms with Crippen molar-refractivity contribution in [1.82, 2.24) is 10.2 Å². The predicted octanol–water partition coefficient (Wildman–Crippen LogP) is 1.97. The Kier molecular flexibility index (Phi) is 4.13. The zero-order valence-corrected chi connectivity index (χ0v) is 12.1. The van der Waals surface area contributed by atoms with E-state index in [0.29, 0.717) is 24.9 Å². The number of hydrogen-bond acceptors (Lipinski definition) is 4. The van der Waals surface area contributed by atoms with Crippen LogP contribution >= 0.6 is 0 Å². The first-order valence-corrected chi connectivity index (χ1v) is 7.67. The molecule has 0 spiro atoms. The van der Waals surface area contributed by atoms with Gasteiger partial charge in [0.15, 0.2) is 11.5 Å². The van der Waals surface area contributed by atoms with Crippen molar-refractivity contribution in [2.45, 2.75) is 32.4 Å². The van der Waals surface area contributed by atoms with E-state index in [9.17, 15) is 5.11 Å². The van der Waals surface area contributed by atoms with Crippen molar-refractivity contribution >= 4 is 0 Å². The zero-order valence-electron chi connectivity index (χ0n) is 12.1. The average molecular weight is 276 g/mol. The predicted molar refractivity (Wildman–Crippen MR) is 79.1 cm³/mol. The first-order chi connectivity index (χ1) is 9.78. The largest absolute Gasteiger partial charge is 0.504 e. The smallest absolute Gasteiger partial charge is 0.162 e. The maximum absolute atomic E-state index is 10.2. The Bertz CT molecular complexity index is 456. The molecule has 3 aliphatic rings. The molecule has 0 aliphatic carbocycles. The van der Waals surface area contributed by atoms with E-state index in [2.05, 4.69) is 10.2 Å². The number of rotatable bonds is 5. The highest BCUT2D eigenvalue weighted by molar-refractivity contribution is 5.45. The summed E-state index contributed by atoms with van der Waals surface area (Å²) >= 11 is 0. The Morgan fingerprint density at radius 3 is 2.80 bits per heavy atom. The molecule has 110 valence electrons. The second-order valence-electron chi connectivity index (χ2n) is 5.82. The first-order valence-electron chi connectivity index (χ1n) is 7.67. The van der Waals surface area contributed by atoms with E-state index in [4.69, 9.17) is 4.74 Å². The van der Waals surface area contributed by atoms with E-state index in [1.54, 1.807) is 0 Å². The molecular weight excluding hydrogens is 252 g/mol. The Morgan fingerprint density at radius 1 is 1.35 bits per heavy atom. The van der Waals surface area contributed by atoms with Gasteiger partial charge in [-0.2, -0.15) is 0 Å². The molecule has 2 bridgehead atoms. The van der Waals surface area contributed by atoms with Gasteiger partial charge >= 0.3 is 0 Å². The molecule has 0 aromatic heterocycles. The van der Waals surface area contributed by atoms with Crippen molar-refractivity contribution in [3.8, 4) is 11.5 Å². The SMILES string of the molecule is CCOc1cccc(CNC2CN3CCC2CC3)c1O. The topological polar surface area (TPSA) is 44.7 Å².